The average molecular weight is 1780 g/mol. The monoisotopic (exact) mass is 1780 g/mol. The van der Waals surface area contributed by atoms with Gasteiger partial charge in [-0.1, -0.05) is 345 Å². The van der Waals surface area contributed by atoms with Crippen molar-refractivity contribution in [3.63, 3.8) is 0 Å². The second kappa shape index (κ2) is 33.8. The second-order valence-electron chi connectivity index (χ2n) is 33.0. The predicted molar refractivity (Wildman–Crippen MR) is 568 cm³/mol. The molecule has 0 amide bonds. The van der Waals surface area contributed by atoms with E-state index < -0.39 is 0 Å². The van der Waals surface area contributed by atoms with Gasteiger partial charge in [0, 0.05) is 121 Å². The number of rotatable bonds is 13. The van der Waals surface area contributed by atoms with Gasteiger partial charge in [0.05, 0.1) is 44.8 Å². The zero-order valence-electron chi connectivity index (χ0n) is 70.3. The molecule has 0 bridgehead atoms. The van der Waals surface area contributed by atoms with Crippen LogP contribution in [0.25, 0.3) is 193 Å². The first-order chi connectivity index (χ1) is 64.4. The summed E-state index contributed by atoms with van der Waals surface area (Å²) in [4.78, 5) is 4.70. The molecule has 0 unspecified atom stereocenters. The zero-order valence-corrected chi connectivity index (χ0v) is 73.5. The number of fused-ring (bicyclic) bond motifs is 24. The fraction of sp³-hybridized carbons (Fsp3) is 0.00826. The highest BCUT2D eigenvalue weighted by atomic mass is 79.9. The third-order valence-corrected chi connectivity index (χ3v) is 28.5. The normalized spacial score (nSPS) is 11.5. The van der Waals surface area contributed by atoms with Gasteiger partial charge in [-0.15, -0.1) is 22.7 Å². The lowest BCUT2D eigenvalue weighted by molar-refractivity contribution is 0.454. The molecule has 6 nitrogen and oxygen atoms in total. The summed E-state index contributed by atoms with van der Waals surface area (Å²) in [6, 6.07) is 166. The van der Waals surface area contributed by atoms with E-state index in [-0.39, 0.29) is 7.43 Å². The van der Waals surface area contributed by atoms with Crippen molar-refractivity contribution in [3.8, 4) is 50.5 Å². The average Bonchev–Trinajstić information content (AvgIpc) is 1.54. The summed E-state index contributed by atoms with van der Waals surface area (Å²) in [5, 5.41) is 34.2. The molecule has 4 aromatic heterocycles. The van der Waals surface area contributed by atoms with Gasteiger partial charge in [0.15, 0.2) is 0 Å². The molecule has 0 fully saturated rings. The minimum atomic E-state index is 0. The van der Waals surface area contributed by atoms with Crippen molar-refractivity contribution in [2.75, 3.05) is 9.80 Å². The molecule has 0 spiro atoms. The maximum atomic E-state index is 8.93. The van der Waals surface area contributed by atoms with E-state index in [1.54, 1.807) is 0 Å². The van der Waals surface area contributed by atoms with Crippen molar-refractivity contribution in [1.82, 2.24) is 9.13 Å². The Labute approximate surface area is 774 Å². The summed E-state index contributed by atoms with van der Waals surface area (Å²) in [7, 11) is 0.697. The second-order valence-corrected chi connectivity index (χ2v) is 36.0. The Morgan fingerprint density at radius 1 is 0.252 bits per heavy atom. The van der Waals surface area contributed by atoms with E-state index in [9.17, 15) is 0 Å². The topological polar surface area (TPSA) is 45.8 Å². The third-order valence-electron chi connectivity index (χ3n) is 25.6. The number of anilines is 6. The minimum Gasteiger partial charge on any atom is -0.537 e. The van der Waals surface area contributed by atoms with Crippen molar-refractivity contribution in [1.29, 1.82) is 0 Å². The van der Waals surface area contributed by atoms with Crippen LogP contribution in [0.1, 0.15) is 7.43 Å². The van der Waals surface area contributed by atoms with Gasteiger partial charge in [0.2, 0.25) is 0 Å². The Bertz CT molecular complexity index is 8730. The first-order valence-electron chi connectivity index (χ1n) is 43.8. The molecule has 0 saturated heterocycles. The summed E-state index contributed by atoms with van der Waals surface area (Å²) in [5.74, 6) is 0.581. The third kappa shape index (κ3) is 14.0. The van der Waals surface area contributed by atoms with E-state index in [1.165, 1.54) is 188 Å². The van der Waals surface area contributed by atoms with Gasteiger partial charge >= 0.3 is 7.69 Å². The predicted octanol–water partition coefficient (Wildman–Crippen LogP) is 35.2. The van der Waals surface area contributed by atoms with Gasteiger partial charge in [-0.2, -0.15) is 0 Å². The molecule has 131 heavy (non-hydrogen) atoms. The molecular weight excluding hydrogens is 1700 g/mol. The van der Waals surface area contributed by atoms with Crippen LogP contribution in [0.3, 0.4) is 0 Å². The van der Waals surface area contributed by atoms with Crippen LogP contribution in [-0.2, 0) is 0 Å². The van der Waals surface area contributed by atoms with Gasteiger partial charge in [0.1, 0.15) is 5.75 Å². The first kappa shape index (κ1) is 79.9. The number of halogens is 1. The molecule has 0 aliphatic rings. The molecule has 0 aliphatic heterocycles. The highest BCUT2D eigenvalue weighted by molar-refractivity contribution is 9.10. The molecule has 619 valence electrons. The van der Waals surface area contributed by atoms with Crippen LogP contribution in [-0.4, -0.2) is 21.8 Å². The smallest absolute Gasteiger partial charge is 0.537 e. The number of nitrogens with zero attached hydrogens (tertiary/aromatic N) is 4. The Morgan fingerprint density at radius 3 is 0.954 bits per heavy atom. The number of thiophene rings is 2. The molecule has 22 aromatic carbocycles. The molecule has 0 atom stereocenters. The quantitative estimate of drug-likeness (QED) is 0.117. The Hall–Kier alpha value is -15.7. The molecule has 1 radical (unpaired) electrons. The number of para-hydroxylation sites is 2. The van der Waals surface area contributed by atoms with Gasteiger partial charge in [-0.3, -0.25) is 0 Å². The molecular formula is C121H81BBrN4O2S2. The molecule has 4 heterocycles. The van der Waals surface area contributed by atoms with Crippen LogP contribution >= 0.6 is 38.6 Å². The SMILES string of the molecule is Brc1ccc2c(c1)c1c3sc4ccc(-c5ccccc5)cc4c3c3ccccc3c1n2-c1ccccc1.C.O[B]Oc1ccc(N(c2cccc3ccccc23)c2cccc3ccccc23)cc1.c1ccc(-c2ccc3sc4c(c3c2)c2ccccc2c2c4c3cc(-c4ccc(N(c5cccc6ccccc56)c5cccc6ccccc56)cc4)ccc3n2-c2ccccc2)cc1. The molecule has 0 aliphatic carbocycles. The fourth-order valence-electron chi connectivity index (χ4n) is 19.9. The van der Waals surface area contributed by atoms with Crippen LogP contribution in [0.5, 0.6) is 5.75 Å². The lowest BCUT2D eigenvalue weighted by atomic mass is 9.97. The first-order valence-corrected chi connectivity index (χ1v) is 46.2. The molecule has 26 aromatic rings. The Morgan fingerprint density at radius 2 is 0.557 bits per heavy atom. The summed E-state index contributed by atoms with van der Waals surface area (Å²) in [5.41, 5.74) is 21.3. The van der Waals surface area contributed by atoms with Crippen LogP contribution < -0.4 is 14.5 Å². The highest BCUT2D eigenvalue weighted by Gasteiger charge is 2.27. The lowest BCUT2D eigenvalue weighted by Crippen LogP contribution is -2.11. The van der Waals surface area contributed by atoms with Gasteiger partial charge < -0.3 is 28.6 Å². The highest BCUT2D eigenvalue weighted by Crippen LogP contribution is 2.53. The van der Waals surface area contributed by atoms with Crippen LogP contribution in [0.2, 0.25) is 0 Å². The van der Waals surface area contributed by atoms with E-state index in [1.807, 2.05) is 46.9 Å². The summed E-state index contributed by atoms with van der Waals surface area (Å²) >= 11 is 7.59. The number of benzene rings is 22. The summed E-state index contributed by atoms with van der Waals surface area (Å²) in [6.45, 7) is 0. The van der Waals surface area contributed by atoms with Crippen molar-refractivity contribution in [2.24, 2.45) is 0 Å². The molecule has 26 rings (SSSR count). The number of hydrogen-bond acceptors (Lipinski definition) is 6. The minimum absolute atomic E-state index is 0. The molecule has 0 saturated carbocycles. The van der Waals surface area contributed by atoms with E-state index >= 15 is 0 Å². The van der Waals surface area contributed by atoms with Gasteiger partial charge in [-0.05, 0) is 205 Å². The van der Waals surface area contributed by atoms with Gasteiger partial charge in [-0.25, -0.2) is 0 Å². The van der Waals surface area contributed by atoms with Crippen LogP contribution in [0, 0.1) is 0 Å². The van der Waals surface area contributed by atoms with Crippen LogP contribution in [0.15, 0.2) is 466 Å². The van der Waals surface area contributed by atoms with E-state index in [0.717, 1.165) is 44.3 Å². The maximum absolute atomic E-state index is 8.93. The van der Waals surface area contributed by atoms with Crippen LogP contribution in [0.4, 0.5) is 34.1 Å². The standard InChI is InChI=1S/C60H38N2S.C34H20BrNS.C26H19BNO2.CH4/c1-3-15-39(16-4-1)44-32-36-56-52(38-44)57-49-25-11-12-26-50(49)59-58(60(57)63-56)51-37-43(31-35-55(51)62(59)45-21-5-2-6-22-45)40-29-33-46(34-30-40)61(53-27-13-19-41-17-7-9-23-47(41)53)54-28-14-20-42-18-8-10-24-48(42)54;35-23-16-17-29-27(20-23)32-33(36(29)24-11-5-2-6-12-24)26-14-8-7-13-25(26)31-28-19-22(21-9-3-1-4-10-21)15-18-30(28)37-34(31)32;29-27-30-22-17-15-21(16-18-22)28(25-13-5-9-19-7-1-3-11-23(19)25)26-14-6-10-20-8-2-4-12-24(20)26;/h1-38H;1-20H;1-18,29H;1H4. The lowest BCUT2D eigenvalue weighted by Gasteiger charge is -2.28. The largest absolute Gasteiger partial charge is 0.569 e. The van der Waals surface area contributed by atoms with Gasteiger partial charge in [0.25, 0.3) is 0 Å². The van der Waals surface area contributed by atoms with E-state index in [4.69, 9.17) is 9.68 Å². The Kier molecular flexibility index (Phi) is 20.7. The van der Waals surface area contributed by atoms with Crippen molar-refractivity contribution in [2.45, 2.75) is 7.43 Å². The van der Waals surface area contributed by atoms with E-state index in [2.05, 4.69) is 472 Å². The number of aromatic nitrogens is 2. The van der Waals surface area contributed by atoms with Crippen molar-refractivity contribution in [3.05, 3.63) is 466 Å². The van der Waals surface area contributed by atoms with Crippen molar-refractivity contribution >= 4 is 229 Å². The Balaban J connectivity index is 0.000000122. The maximum Gasteiger partial charge on any atom is 0.569 e. The van der Waals surface area contributed by atoms with Crippen molar-refractivity contribution < 1.29 is 9.68 Å². The van der Waals surface area contributed by atoms with E-state index in [0.29, 0.717) is 13.4 Å². The number of hydrogen-bond donors (Lipinski definition) is 1. The zero-order chi connectivity index (χ0) is 86.3. The summed E-state index contributed by atoms with van der Waals surface area (Å²) in [6.07, 6.45) is 0. The molecule has 10 heteroatoms. The molecule has 1 N–H and O–H groups in total. The summed E-state index contributed by atoms with van der Waals surface area (Å²) < 4.78 is 16.4. The fourth-order valence-corrected chi connectivity index (χ4v) is 22.8.